The fourth-order valence-corrected chi connectivity index (χ4v) is 2.15. The van der Waals surface area contributed by atoms with Crippen molar-refractivity contribution in [2.75, 3.05) is 25.9 Å². The predicted octanol–water partition coefficient (Wildman–Crippen LogP) is 2.49. The smallest absolute Gasteiger partial charge is 0.253 e. The van der Waals surface area contributed by atoms with Crippen LogP contribution in [0.1, 0.15) is 24.2 Å². The Balaban J connectivity index is 2.07. The van der Waals surface area contributed by atoms with Gasteiger partial charge in [-0.25, -0.2) is 0 Å². The van der Waals surface area contributed by atoms with Crippen molar-refractivity contribution < 1.29 is 4.79 Å². The summed E-state index contributed by atoms with van der Waals surface area (Å²) < 4.78 is 0. The van der Waals surface area contributed by atoms with Crippen LogP contribution in [0.2, 0.25) is 0 Å². The topological polar surface area (TPSA) is 58.4 Å². The molecule has 0 aliphatic carbocycles. The van der Waals surface area contributed by atoms with Gasteiger partial charge in [0, 0.05) is 24.8 Å². The van der Waals surface area contributed by atoms with Crippen molar-refractivity contribution in [1.82, 2.24) is 10.2 Å². The number of rotatable bonds is 5. The van der Waals surface area contributed by atoms with Gasteiger partial charge in [0.05, 0.1) is 5.56 Å². The van der Waals surface area contributed by atoms with Gasteiger partial charge in [-0.15, -0.1) is 0 Å². The Morgan fingerprint density at radius 3 is 2.48 bits per heavy atom. The summed E-state index contributed by atoms with van der Waals surface area (Å²) in [5.74, 6) is -0.115. The third-order valence-electron chi connectivity index (χ3n) is 3.79. The van der Waals surface area contributed by atoms with Crippen molar-refractivity contribution in [2.45, 2.75) is 19.9 Å². The lowest BCUT2D eigenvalue weighted by molar-refractivity contribution is 0.0949. The Morgan fingerprint density at radius 2 is 1.86 bits per heavy atom. The van der Waals surface area contributed by atoms with Crippen LogP contribution in [0.15, 0.2) is 36.4 Å². The molecule has 1 amide bonds. The first kappa shape index (κ1) is 15.3. The number of hydrogen-bond acceptors (Lipinski definition) is 3. The minimum atomic E-state index is -0.115. The molecule has 0 saturated heterocycles. The lowest BCUT2D eigenvalue weighted by Gasteiger charge is -2.21. The van der Waals surface area contributed by atoms with Crippen molar-refractivity contribution in [1.29, 1.82) is 0 Å². The van der Waals surface area contributed by atoms with Crippen LogP contribution in [0.25, 0.3) is 10.8 Å². The van der Waals surface area contributed by atoms with Gasteiger partial charge < -0.3 is 16.0 Å². The molecule has 0 saturated carbocycles. The van der Waals surface area contributed by atoms with Crippen molar-refractivity contribution in [3.05, 3.63) is 42.0 Å². The Bertz CT molecular complexity index is 637. The molecular formula is C17H23N3O. The molecule has 0 bridgehead atoms. The Labute approximate surface area is 125 Å². The van der Waals surface area contributed by atoms with Gasteiger partial charge in [0.25, 0.3) is 5.91 Å². The van der Waals surface area contributed by atoms with Crippen LogP contribution in [-0.4, -0.2) is 37.0 Å². The molecule has 4 nitrogen and oxygen atoms in total. The molecule has 0 spiro atoms. The van der Waals surface area contributed by atoms with Gasteiger partial charge >= 0.3 is 0 Å². The van der Waals surface area contributed by atoms with Crippen molar-refractivity contribution in [3.8, 4) is 0 Å². The maximum absolute atomic E-state index is 12.3. The third-order valence-corrected chi connectivity index (χ3v) is 3.79. The number of likely N-dealkylation sites (N-methyl/N-ethyl adjacent to an activating group) is 1. The van der Waals surface area contributed by atoms with Crippen molar-refractivity contribution in [3.63, 3.8) is 0 Å². The molecule has 2 rings (SSSR count). The van der Waals surface area contributed by atoms with Gasteiger partial charge in [-0.1, -0.05) is 24.3 Å². The largest absolute Gasteiger partial charge is 0.398 e. The van der Waals surface area contributed by atoms with Crippen LogP contribution in [0.3, 0.4) is 0 Å². The molecule has 2 aromatic carbocycles. The first-order valence-corrected chi connectivity index (χ1v) is 7.25. The van der Waals surface area contributed by atoms with Crippen molar-refractivity contribution >= 4 is 22.4 Å². The number of nitrogens with two attached hydrogens (primary N) is 1. The van der Waals surface area contributed by atoms with Crippen LogP contribution in [0, 0.1) is 0 Å². The Kier molecular flexibility index (Phi) is 4.81. The molecule has 0 heterocycles. The third kappa shape index (κ3) is 3.73. The van der Waals surface area contributed by atoms with E-state index in [4.69, 9.17) is 5.73 Å². The van der Waals surface area contributed by atoms with Gasteiger partial charge in [-0.3, -0.25) is 4.79 Å². The van der Waals surface area contributed by atoms with E-state index >= 15 is 0 Å². The van der Waals surface area contributed by atoms with Gasteiger partial charge in [0.2, 0.25) is 0 Å². The van der Waals surface area contributed by atoms with E-state index in [0.717, 1.165) is 17.3 Å². The van der Waals surface area contributed by atoms with Crippen molar-refractivity contribution in [2.24, 2.45) is 0 Å². The number of nitrogens with one attached hydrogen (secondary N) is 1. The zero-order valence-corrected chi connectivity index (χ0v) is 12.9. The SMILES string of the molecule is CC(C)N(C)CCNC(=O)c1cc2ccccc2cc1N. The highest BCUT2D eigenvalue weighted by atomic mass is 16.1. The minimum Gasteiger partial charge on any atom is -0.398 e. The van der Waals surface area contributed by atoms with E-state index in [0.29, 0.717) is 23.8 Å². The van der Waals surface area contributed by atoms with Gasteiger partial charge in [0.1, 0.15) is 0 Å². The molecule has 0 aliphatic rings. The summed E-state index contributed by atoms with van der Waals surface area (Å²) >= 11 is 0. The second-order valence-electron chi connectivity index (χ2n) is 5.62. The van der Waals surface area contributed by atoms with E-state index in [-0.39, 0.29) is 5.91 Å². The average molecular weight is 285 g/mol. The summed E-state index contributed by atoms with van der Waals surface area (Å²) in [4.78, 5) is 14.4. The number of benzene rings is 2. The van der Waals surface area contributed by atoms with E-state index in [1.165, 1.54) is 0 Å². The Morgan fingerprint density at radius 1 is 1.24 bits per heavy atom. The van der Waals surface area contributed by atoms with E-state index in [1.807, 2.05) is 43.4 Å². The van der Waals surface area contributed by atoms with Gasteiger partial charge in [0.15, 0.2) is 0 Å². The second-order valence-corrected chi connectivity index (χ2v) is 5.62. The molecule has 4 heteroatoms. The highest BCUT2D eigenvalue weighted by molar-refractivity contribution is 6.03. The van der Waals surface area contributed by atoms with Crippen LogP contribution in [-0.2, 0) is 0 Å². The molecule has 2 aromatic rings. The zero-order chi connectivity index (χ0) is 15.4. The summed E-state index contributed by atoms with van der Waals surface area (Å²) in [5.41, 5.74) is 7.06. The Hall–Kier alpha value is -2.07. The number of carbonyl (C=O) groups is 1. The van der Waals surface area contributed by atoms with E-state index < -0.39 is 0 Å². The monoisotopic (exact) mass is 285 g/mol. The van der Waals surface area contributed by atoms with Crippen LogP contribution in [0.4, 0.5) is 5.69 Å². The lowest BCUT2D eigenvalue weighted by atomic mass is 10.0. The number of nitrogen functional groups attached to an aromatic ring is 1. The van der Waals surface area contributed by atoms with Crippen LogP contribution in [0.5, 0.6) is 0 Å². The van der Waals surface area contributed by atoms with E-state index in [1.54, 1.807) is 0 Å². The fraction of sp³-hybridized carbons (Fsp3) is 0.353. The predicted molar refractivity (Wildman–Crippen MR) is 88.5 cm³/mol. The molecule has 0 aromatic heterocycles. The summed E-state index contributed by atoms with van der Waals surface area (Å²) in [5, 5.41) is 5.00. The summed E-state index contributed by atoms with van der Waals surface area (Å²) in [6.45, 7) is 5.68. The molecule has 0 radical (unpaired) electrons. The molecular weight excluding hydrogens is 262 g/mol. The summed E-state index contributed by atoms with van der Waals surface area (Å²) in [7, 11) is 2.04. The summed E-state index contributed by atoms with van der Waals surface area (Å²) in [6, 6.07) is 12.1. The number of anilines is 1. The highest BCUT2D eigenvalue weighted by Crippen LogP contribution is 2.21. The number of amides is 1. The maximum Gasteiger partial charge on any atom is 0.253 e. The number of carbonyl (C=O) groups excluding carboxylic acids is 1. The number of nitrogens with zero attached hydrogens (tertiary/aromatic N) is 1. The second kappa shape index (κ2) is 6.59. The van der Waals surface area contributed by atoms with Gasteiger partial charge in [-0.2, -0.15) is 0 Å². The molecule has 0 fully saturated rings. The molecule has 3 N–H and O–H groups in total. The number of fused-ring (bicyclic) bond motifs is 1. The fourth-order valence-electron chi connectivity index (χ4n) is 2.15. The molecule has 112 valence electrons. The molecule has 0 unspecified atom stereocenters. The molecule has 0 aliphatic heterocycles. The normalized spacial score (nSPS) is 11.3. The first-order chi connectivity index (χ1) is 9.99. The zero-order valence-electron chi connectivity index (χ0n) is 12.9. The highest BCUT2D eigenvalue weighted by Gasteiger charge is 2.11. The van der Waals surface area contributed by atoms with Gasteiger partial charge in [-0.05, 0) is 43.8 Å². The number of hydrogen-bond donors (Lipinski definition) is 2. The molecule has 21 heavy (non-hydrogen) atoms. The van der Waals surface area contributed by atoms with E-state index in [9.17, 15) is 4.79 Å². The lowest BCUT2D eigenvalue weighted by Crippen LogP contribution is -2.36. The molecule has 0 atom stereocenters. The quantitative estimate of drug-likeness (QED) is 0.830. The standard InChI is InChI=1S/C17H23N3O/c1-12(2)20(3)9-8-19-17(21)15-10-13-6-4-5-7-14(13)11-16(15)18/h4-7,10-12H,8-9,18H2,1-3H3,(H,19,21). The van der Waals surface area contributed by atoms with Crippen LogP contribution >= 0.6 is 0 Å². The maximum atomic E-state index is 12.3. The van der Waals surface area contributed by atoms with Crippen LogP contribution < -0.4 is 11.1 Å². The van der Waals surface area contributed by atoms with E-state index in [2.05, 4.69) is 24.1 Å². The first-order valence-electron chi connectivity index (χ1n) is 7.25. The summed E-state index contributed by atoms with van der Waals surface area (Å²) in [6.07, 6.45) is 0. The minimum absolute atomic E-state index is 0.115. The average Bonchev–Trinajstić information content (AvgIpc) is 2.46.